The van der Waals surface area contributed by atoms with E-state index in [9.17, 15) is 9.59 Å². The van der Waals surface area contributed by atoms with Crippen molar-refractivity contribution in [3.63, 3.8) is 0 Å². The number of nitrogens with zero attached hydrogens (tertiary/aromatic N) is 4. The normalized spacial score (nSPS) is 20.9. The summed E-state index contributed by atoms with van der Waals surface area (Å²) in [4.78, 5) is 32.1. The molecule has 2 aliphatic rings. The van der Waals surface area contributed by atoms with E-state index in [-0.39, 0.29) is 17.5 Å². The second-order valence-electron chi connectivity index (χ2n) is 7.44. The highest BCUT2D eigenvalue weighted by Crippen LogP contribution is 2.45. The van der Waals surface area contributed by atoms with Gasteiger partial charge in [0.25, 0.3) is 11.5 Å². The molecule has 1 fully saturated rings. The molecule has 1 amide bonds. The van der Waals surface area contributed by atoms with Crippen LogP contribution >= 0.6 is 11.6 Å². The van der Waals surface area contributed by atoms with Gasteiger partial charge in [0.05, 0.1) is 12.0 Å². The fourth-order valence-corrected chi connectivity index (χ4v) is 4.22. The number of pyridine rings is 1. The van der Waals surface area contributed by atoms with E-state index in [1.807, 2.05) is 42.3 Å². The van der Waals surface area contributed by atoms with Crippen LogP contribution in [0.4, 0.5) is 0 Å². The van der Waals surface area contributed by atoms with Crippen molar-refractivity contribution in [2.75, 3.05) is 6.54 Å². The van der Waals surface area contributed by atoms with Gasteiger partial charge in [0.2, 0.25) is 0 Å². The summed E-state index contributed by atoms with van der Waals surface area (Å²) < 4.78 is 3.29. The highest BCUT2D eigenvalue weighted by Gasteiger charge is 2.46. The van der Waals surface area contributed by atoms with Gasteiger partial charge < -0.3 is 14.0 Å². The van der Waals surface area contributed by atoms with Crippen LogP contribution in [-0.2, 0) is 6.54 Å². The van der Waals surface area contributed by atoms with Gasteiger partial charge in [-0.25, -0.2) is 4.98 Å². The molecule has 0 radical (unpaired) electrons. The number of hydrogen-bond donors (Lipinski definition) is 0. The monoisotopic (exact) mass is 394 g/mol. The van der Waals surface area contributed by atoms with Crippen LogP contribution in [0.15, 0.2) is 53.7 Å². The lowest BCUT2D eigenvalue weighted by atomic mass is 10.1. The molecule has 1 aromatic carbocycles. The number of imidazole rings is 1. The zero-order valence-electron chi connectivity index (χ0n) is 15.4. The lowest BCUT2D eigenvalue weighted by Gasteiger charge is -2.30. The smallest absolute Gasteiger partial charge is 0.275 e. The Balaban J connectivity index is 1.41. The van der Waals surface area contributed by atoms with Gasteiger partial charge in [-0.15, -0.1) is 0 Å². The quantitative estimate of drug-likeness (QED) is 0.686. The molecule has 2 atom stereocenters. The Morgan fingerprint density at radius 1 is 1.07 bits per heavy atom. The molecule has 0 saturated heterocycles. The minimum atomic E-state index is -0.159. The zero-order valence-corrected chi connectivity index (χ0v) is 16.1. The molecule has 0 spiro atoms. The second kappa shape index (κ2) is 6.34. The summed E-state index contributed by atoms with van der Waals surface area (Å²) in [5.41, 5.74) is 2.85. The molecular formula is C21H19ClN4O2. The van der Waals surface area contributed by atoms with E-state index in [0.29, 0.717) is 35.4 Å². The van der Waals surface area contributed by atoms with Crippen molar-refractivity contribution in [3.05, 3.63) is 81.3 Å². The maximum absolute atomic E-state index is 13.1. The van der Waals surface area contributed by atoms with E-state index in [0.717, 1.165) is 12.1 Å². The van der Waals surface area contributed by atoms with Gasteiger partial charge in [0.1, 0.15) is 11.4 Å². The summed E-state index contributed by atoms with van der Waals surface area (Å²) >= 11 is 5.97. The van der Waals surface area contributed by atoms with Crippen molar-refractivity contribution >= 4 is 17.5 Å². The zero-order chi connectivity index (χ0) is 19.4. The molecule has 0 bridgehead atoms. The molecule has 28 heavy (non-hydrogen) atoms. The van der Waals surface area contributed by atoms with Crippen molar-refractivity contribution in [1.82, 2.24) is 19.0 Å². The average Bonchev–Trinajstić information content (AvgIpc) is 3.36. The summed E-state index contributed by atoms with van der Waals surface area (Å²) in [6.45, 7) is 2.93. The minimum Gasteiger partial charge on any atom is -0.332 e. The molecule has 5 rings (SSSR count). The van der Waals surface area contributed by atoms with Gasteiger partial charge in [-0.05, 0) is 43.2 Å². The molecule has 1 aliphatic heterocycles. The first-order chi connectivity index (χ1) is 13.5. The topological polar surface area (TPSA) is 60.1 Å². The number of aryl methyl sites for hydroxylation is 1. The van der Waals surface area contributed by atoms with Crippen molar-refractivity contribution in [2.24, 2.45) is 0 Å². The van der Waals surface area contributed by atoms with Gasteiger partial charge in [0.15, 0.2) is 0 Å². The largest absolute Gasteiger partial charge is 0.332 e. The van der Waals surface area contributed by atoms with Crippen molar-refractivity contribution in [1.29, 1.82) is 0 Å². The van der Waals surface area contributed by atoms with Gasteiger partial charge in [-0.3, -0.25) is 9.59 Å². The number of amides is 1. The molecule has 3 heterocycles. The van der Waals surface area contributed by atoms with E-state index < -0.39 is 0 Å². The van der Waals surface area contributed by atoms with Crippen LogP contribution in [0.25, 0.3) is 5.69 Å². The molecule has 3 aromatic rings. The van der Waals surface area contributed by atoms with Crippen LogP contribution in [0.5, 0.6) is 0 Å². The van der Waals surface area contributed by atoms with Crippen LogP contribution in [0, 0.1) is 6.92 Å². The third kappa shape index (κ3) is 2.76. The van der Waals surface area contributed by atoms with Gasteiger partial charge in [-0.1, -0.05) is 23.7 Å². The Labute approximate surface area is 167 Å². The van der Waals surface area contributed by atoms with Crippen molar-refractivity contribution in [3.8, 4) is 5.69 Å². The van der Waals surface area contributed by atoms with Crippen molar-refractivity contribution < 1.29 is 4.79 Å². The van der Waals surface area contributed by atoms with Crippen LogP contribution in [0.3, 0.4) is 0 Å². The van der Waals surface area contributed by atoms with Gasteiger partial charge in [-0.2, -0.15) is 0 Å². The molecular weight excluding hydrogens is 376 g/mol. The van der Waals surface area contributed by atoms with Gasteiger partial charge in [0, 0.05) is 36.3 Å². The first-order valence-corrected chi connectivity index (χ1v) is 9.72. The van der Waals surface area contributed by atoms with Crippen LogP contribution in [-0.4, -0.2) is 37.5 Å². The van der Waals surface area contributed by atoms with E-state index in [1.54, 1.807) is 27.6 Å². The maximum Gasteiger partial charge on any atom is 0.275 e. The van der Waals surface area contributed by atoms with Crippen LogP contribution < -0.4 is 5.56 Å². The fourth-order valence-electron chi connectivity index (χ4n) is 4.09. The number of halogens is 1. The van der Waals surface area contributed by atoms with E-state index in [4.69, 9.17) is 11.6 Å². The number of carbonyl (C=O) groups is 1. The predicted octanol–water partition coefficient (Wildman–Crippen LogP) is 3.01. The Bertz CT molecular complexity index is 1130. The lowest BCUT2D eigenvalue weighted by Crippen LogP contribution is -2.46. The molecule has 6 nitrogen and oxygen atoms in total. The highest BCUT2D eigenvalue weighted by molar-refractivity contribution is 6.30. The Morgan fingerprint density at radius 3 is 2.57 bits per heavy atom. The molecule has 142 valence electrons. The molecule has 2 unspecified atom stereocenters. The summed E-state index contributed by atoms with van der Waals surface area (Å²) in [5, 5.41) is 0.715. The lowest BCUT2D eigenvalue weighted by molar-refractivity contribution is 0.0683. The van der Waals surface area contributed by atoms with Crippen LogP contribution in [0.2, 0.25) is 5.02 Å². The summed E-state index contributed by atoms with van der Waals surface area (Å²) in [6, 6.07) is 11.5. The van der Waals surface area contributed by atoms with Crippen LogP contribution in [0.1, 0.15) is 34.1 Å². The molecule has 0 N–H and O–H groups in total. The Morgan fingerprint density at radius 2 is 1.86 bits per heavy atom. The number of carbonyl (C=O) groups excluding carboxylic acids is 1. The van der Waals surface area contributed by atoms with Crippen molar-refractivity contribution in [2.45, 2.75) is 31.8 Å². The SMILES string of the molecule is Cc1cn(-c2ccc3n(c2=O)CCN(C2CC2c2ccc(Cl)cc2)C3=O)cn1. The summed E-state index contributed by atoms with van der Waals surface area (Å²) in [5.74, 6) is 0.269. The number of aromatic nitrogens is 3. The summed E-state index contributed by atoms with van der Waals surface area (Å²) in [7, 11) is 0. The van der Waals surface area contributed by atoms with E-state index in [2.05, 4.69) is 4.98 Å². The predicted molar refractivity (Wildman–Crippen MR) is 106 cm³/mol. The number of rotatable bonds is 3. The molecule has 7 heteroatoms. The Hall–Kier alpha value is -2.86. The first kappa shape index (κ1) is 17.3. The molecule has 1 aliphatic carbocycles. The minimum absolute atomic E-state index is 0.0711. The van der Waals surface area contributed by atoms with E-state index in [1.165, 1.54) is 5.56 Å². The second-order valence-corrected chi connectivity index (χ2v) is 7.88. The third-order valence-electron chi connectivity index (χ3n) is 5.64. The Kier molecular flexibility index (Phi) is 3.91. The van der Waals surface area contributed by atoms with Gasteiger partial charge >= 0.3 is 0 Å². The number of fused-ring (bicyclic) bond motifs is 1. The average molecular weight is 395 g/mol. The first-order valence-electron chi connectivity index (χ1n) is 9.34. The molecule has 1 saturated carbocycles. The standard InChI is InChI=1S/C21H19ClN4O2/c1-13-11-24(12-23-13)17-6-7-18-21(28)26(9-8-25(18)20(17)27)19-10-16(19)14-2-4-15(22)5-3-14/h2-7,11-12,16,19H,8-10H2,1H3. The molecule has 2 aromatic heterocycles. The number of benzene rings is 1. The fraction of sp³-hybridized carbons (Fsp3) is 0.286. The van der Waals surface area contributed by atoms with E-state index >= 15 is 0 Å². The highest BCUT2D eigenvalue weighted by atomic mass is 35.5. The number of hydrogen-bond acceptors (Lipinski definition) is 3. The summed E-state index contributed by atoms with van der Waals surface area (Å²) in [6.07, 6.45) is 4.38. The third-order valence-corrected chi connectivity index (χ3v) is 5.90. The maximum atomic E-state index is 13.1.